The van der Waals surface area contributed by atoms with Gasteiger partial charge in [0.25, 0.3) is 0 Å². The van der Waals surface area contributed by atoms with E-state index < -0.39 is 11.9 Å². The molecule has 0 unspecified atom stereocenters. The minimum absolute atomic E-state index is 0.461. The van der Waals surface area contributed by atoms with Gasteiger partial charge in [0.15, 0.2) is 0 Å². The van der Waals surface area contributed by atoms with Crippen LogP contribution in [0.15, 0.2) is 41.0 Å². The fourth-order valence-corrected chi connectivity index (χ4v) is 2.06. The Hall–Kier alpha value is -1.27. The highest BCUT2D eigenvalue weighted by Crippen LogP contribution is 2.28. The van der Waals surface area contributed by atoms with E-state index in [-0.39, 0.29) is 0 Å². The Bertz CT molecular complexity index is 600. The van der Waals surface area contributed by atoms with E-state index in [4.69, 9.17) is 11.6 Å². The maximum atomic E-state index is 12.4. The number of benzene rings is 1. The van der Waals surface area contributed by atoms with E-state index >= 15 is 0 Å². The summed E-state index contributed by atoms with van der Waals surface area (Å²) >= 11 is 9.18. The average Bonchev–Trinajstić information content (AvgIpc) is 2.40. The van der Waals surface area contributed by atoms with E-state index in [2.05, 4.69) is 26.2 Å². The summed E-state index contributed by atoms with van der Waals surface area (Å²) in [7, 11) is 0. The van der Waals surface area contributed by atoms with Gasteiger partial charge in [0.1, 0.15) is 5.69 Å². The summed E-state index contributed by atoms with van der Waals surface area (Å²) in [5, 5.41) is 3.59. The number of alkyl halides is 3. The van der Waals surface area contributed by atoms with Crippen LogP contribution in [0.2, 0.25) is 5.02 Å². The van der Waals surface area contributed by atoms with Gasteiger partial charge in [-0.3, -0.25) is 0 Å². The van der Waals surface area contributed by atoms with Crippen molar-refractivity contribution in [3.05, 3.63) is 57.3 Å². The fraction of sp³-hybridized carbons (Fsp3) is 0.154. The third-order valence-corrected chi connectivity index (χ3v) is 3.75. The van der Waals surface area contributed by atoms with Gasteiger partial charge in [-0.25, -0.2) is 4.98 Å². The number of nitrogens with zero attached hydrogens (tertiary/aromatic N) is 1. The number of nitrogens with one attached hydrogen (secondary N) is 1. The monoisotopic (exact) mass is 364 g/mol. The molecule has 0 amide bonds. The van der Waals surface area contributed by atoms with Crippen molar-refractivity contribution in [1.29, 1.82) is 0 Å². The third-order valence-electron chi connectivity index (χ3n) is 2.53. The lowest BCUT2D eigenvalue weighted by Gasteiger charge is -2.09. The van der Waals surface area contributed by atoms with Gasteiger partial charge in [0.2, 0.25) is 0 Å². The molecule has 2 nitrogen and oxygen atoms in total. The van der Waals surface area contributed by atoms with Crippen LogP contribution in [0.25, 0.3) is 0 Å². The summed E-state index contributed by atoms with van der Waals surface area (Å²) in [5.41, 5.74) is 0.558. The first-order valence-electron chi connectivity index (χ1n) is 5.57. The Labute approximate surface area is 127 Å². The van der Waals surface area contributed by atoms with Gasteiger partial charge in [0.05, 0.1) is 16.9 Å². The molecule has 0 saturated carbocycles. The fourth-order valence-electron chi connectivity index (χ4n) is 1.52. The van der Waals surface area contributed by atoms with E-state index in [1.54, 1.807) is 6.07 Å². The molecule has 0 aliphatic heterocycles. The molecule has 0 atom stereocenters. The lowest BCUT2D eigenvalue weighted by Crippen LogP contribution is -2.08. The average molecular weight is 366 g/mol. The second-order valence-electron chi connectivity index (χ2n) is 4.03. The van der Waals surface area contributed by atoms with Crippen LogP contribution in [-0.2, 0) is 12.7 Å². The van der Waals surface area contributed by atoms with Gasteiger partial charge in [-0.2, -0.15) is 13.2 Å². The Morgan fingerprint density at radius 3 is 2.50 bits per heavy atom. The Morgan fingerprint density at radius 1 is 1.20 bits per heavy atom. The second-order valence-corrected chi connectivity index (χ2v) is 5.29. The van der Waals surface area contributed by atoms with Crippen molar-refractivity contribution in [3.63, 3.8) is 0 Å². The van der Waals surface area contributed by atoms with Gasteiger partial charge in [-0.1, -0.05) is 17.7 Å². The molecule has 1 aromatic carbocycles. The summed E-state index contributed by atoms with van der Waals surface area (Å²) in [4.78, 5) is 3.38. The number of aromatic nitrogens is 1. The van der Waals surface area contributed by atoms with Crippen molar-refractivity contribution in [1.82, 2.24) is 4.98 Å². The van der Waals surface area contributed by atoms with E-state index in [0.29, 0.717) is 17.3 Å². The highest BCUT2D eigenvalue weighted by atomic mass is 79.9. The van der Waals surface area contributed by atoms with Crippen LogP contribution in [0.3, 0.4) is 0 Å². The molecule has 0 spiro atoms. The maximum Gasteiger partial charge on any atom is 0.433 e. The van der Waals surface area contributed by atoms with Gasteiger partial charge < -0.3 is 5.32 Å². The molecular formula is C13H9BrClF3N2. The number of halogens is 5. The van der Waals surface area contributed by atoms with E-state index in [1.807, 2.05) is 12.1 Å². The lowest BCUT2D eigenvalue weighted by atomic mass is 10.2. The van der Waals surface area contributed by atoms with Crippen molar-refractivity contribution < 1.29 is 13.2 Å². The minimum atomic E-state index is -4.42. The molecule has 1 N–H and O–H groups in total. The predicted molar refractivity (Wildman–Crippen MR) is 75.7 cm³/mol. The SMILES string of the molecule is FC(F)(F)c1ccc(NCc2ccc(Cl)c(Br)c2)cn1. The van der Waals surface area contributed by atoms with Crippen molar-refractivity contribution in [2.75, 3.05) is 5.32 Å². The smallest absolute Gasteiger partial charge is 0.380 e. The molecule has 0 bridgehead atoms. The predicted octanol–water partition coefficient (Wildman–Crippen LogP) is 5.13. The van der Waals surface area contributed by atoms with Crippen molar-refractivity contribution in [2.45, 2.75) is 12.7 Å². The summed E-state index contributed by atoms with van der Waals surface area (Å²) in [5.74, 6) is 0. The van der Waals surface area contributed by atoms with Crippen LogP contribution < -0.4 is 5.32 Å². The minimum Gasteiger partial charge on any atom is -0.380 e. The zero-order chi connectivity index (χ0) is 14.8. The van der Waals surface area contributed by atoms with Crippen LogP contribution in [0.5, 0.6) is 0 Å². The number of hydrogen-bond acceptors (Lipinski definition) is 2. The van der Waals surface area contributed by atoms with Crippen LogP contribution in [0.4, 0.5) is 18.9 Å². The number of rotatable bonds is 3. The molecule has 0 aliphatic rings. The highest BCUT2D eigenvalue weighted by molar-refractivity contribution is 9.10. The van der Waals surface area contributed by atoms with Gasteiger partial charge in [-0.15, -0.1) is 0 Å². The highest BCUT2D eigenvalue weighted by Gasteiger charge is 2.31. The molecule has 1 heterocycles. The normalized spacial score (nSPS) is 11.4. The molecule has 0 saturated heterocycles. The van der Waals surface area contributed by atoms with Gasteiger partial charge in [-0.05, 0) is 45.8 Å². The first kappa shape index (κ1) is 15.1. The zero-order valence-electron chi connectivity index (χ0n) is 10.0. The standard InChI is InChI=1S/C13H9BrClF3N2/c14-10-5-8(1-3-11(10)15)6-19-9-2-4-12(20-7-9)13(16,17)18/h1-5,7,19H,6H2. The van der Waals surface area contributed by atoms with Crippen LogP contribution in [-0.4, -0.2) is 4.98 Å². The zero-order valence-corrected chi connectivity index (χ0v) is 12.4. The Morgan fingerprint density at radius 2 is 1.95 bits per heavy atom. The van der Waals surface area contributed by atoms with Gasteiger partial charge in [0, 0.05) is 11.0 Å². The number of anilines is 1. The first-order chi connectivity index (χ1) is 9.36. The summed E-state index contributed by atoms with van der Waals surface area (Å²) in [6.45, 7) is 0.461. The molecule has 0 aliphatic carbocycles. The molecule has 106 valence electrons. The molecule has 0 fully saturated rings. The van der Waals surface area contributed by atoms with Crippen molar-refractivity contribution in [3.8, 4) is 0 Å². The Kier molecular flexibility index (Phi) is 4.55. The third kappa shape index (κ3) is 3.86. The molecule has 2 rings (SSSR count). The van der Waals surface area contributed by atoms with Gasteiger partial charge >= 0.3 is 6.18 Å². The lowest BCUT2D eigenvalue weighted by molar-refractivity contribution is -0.141. The molecule has 2 aromatic rings. The van der Waals surface area contributed by atoms with Crippen LogP contribution >= 0.6 is 27.5 Å². The van der Waals surface area contributed by atoms with Crippen LogP contribution in [0.1, 0.15) is 11.3 Å². The van der Waals surface area contributed by atoms with E-state index in [9.17, 15) is 13.2 Å². The summed E-state index contributed by atoms with van der Waals surface area (Å²) < 4.78 is 37.8. The number of pyridine rings is 1. The quantitative estimate of drug-likeness (QED) is 0.816. The largest absolute Gasteiger partial charge is 0.433 e. The van der Waals surface area contributed by atoms with Crippen molar-refractivity contribution >= 4 is 33.2 Å². The van der Waals surface area contributed by atoms with Crippen LogP contribution in [0, 0.1) is 0 Å². The summed E-state index contributed by atoms with van der Waals surface area (Å²) in [6, 6.07) is 7.71. The first-order valence-corrected chi connectivity index (χ1v) is 6.74. The molecule has 20 heavy (non-hydrogen) atoms. The maximum absolute atomic E-state index is 12.4. The molecular weight excluding hydrogens is 357 g/mol. The Balaban J connectivity index is 2.02. The topological polar surface area (TPSA) is 24.9 Å². The molecule has 0 radical (unpaired) electrons. The number of hydrogen-bond donors (Lipinski definition) is 1. The second kappa shape index (κ2) is 6.01. The van der Waals surface area contributed by atoms with Crippen molar-refractivity contribution in [2.24, 2.45) is 0 Å². The molecule has 1 aromatic heterocycles. The van der Waals surface area contributed by atoms with E-state index in [0.717, 1.165) is 22.3 Å². The summed E-state index contributed by atoms with van der Waals surface area (Å²) in [6.07, 6.45) is -3.26. The van der Waals surface area contributed by atoms with E-state index in [1.165, 1.54) is 6.07 Å². The molecule has 7 heteroatoms.